The van der Waals surface area contributed by atoms with Crippen molar-refractivity contribution >= 4 is 27.5 Å². The van der Waals surface area contributed by atoms with Gasteiger partial charge in [-0.1, -0.05) is 27.5 Å². The van der Waals surface area contributed by atoms with Gasteiger partial charge in [-0.2, -0.15) is 13.2 Å². The van der Waals surface area contributed by atoms with Crippen molar-refractivity contribution in [3.8, 4) is 0 Å². The smallest absolute Gasteiger partial charge is 0.310 e. The molecular formula is C11H12BrClF3N. The highest BCUT2D eigenvalue weighted by Gasteiger charge is 2.29. The van der Waals surface area contributed by atoms with Gasteiger partial charge in [0.15, 0.2) is 0 Å². The SMILES string of the molecule is CC(CC(F)(F)F)NCc1cc(Cl)ccc1Br. The highest BCUT2D eigenvalue weighted by Crippen LogP contribution is 2.23. The van der Waals surface area contributed by atoms with E-state index >= 15 is 0 Å². The van der Waals surface area contributed by atoms with Crippen LogP contribution in [0.4, 0.5) is 13.2 Å². The second-order valence-electron chi connectivity index (χ2n) is 3.84. The van der Waals surface area contributed by atoms with Crippen LogP contribution in [0.1, 0.15) is 18.9 Å². The summed E-state index contributed by atoms with van der Waals surface area (Å²) in [6.45, 7) is 1.85. The van der Waals surface area contributed by atoms with Gasteiger partial charge in [0.2, 0.25) is 0 Å². The van der Waals surface area contributed by atoms with E-state index < -0.39 is 18.6 Å². The van der Waals surface area contributed by atoms with Crippen LogP contribution in [0.5, 0.6) is 0 Å². The average molecular weight is 331 g/mol. The number of hydrogen-bond donors (Lipinski definition) is 1. The summed E-state index contributed by atoms with van der Waals surface area (Å²) < 4.78 is 37.1. The summed E-state index contributed by atoms with van der Waals surface area (Å²) in [4.78, 5) is 0. The molecule has 0 amide bonds. The van der Waals surface area contributed by atoms with Gasteiger partial charge in [0.05, 0.1) is 6.42 Å². The first-order valence-electron chi connectivity index (χ1n) is 5.02. The molecule has 1 aromatic rings. The minimum Gasteiger partial charge on any atom is -0.310 e. The summed E-state index contributed by atoms with van der Waals surface area (Å²) in [5.41, 5.74) is 0.839. The van der Waals surface area contributed by atoms with Gasteiger partial charge in [-0.25, -0.2) is 0 Å². The van der Waals surface area contributed by atoms with E-state index in [0.717, 1.165) is 10.0 Å². The van der Waals surface area contributed by atoms with Crippen LogP contribution in [-0.4, -0.2) is 12.2 Å². The van der Waals surface area contributed by atoms with Gasteiger partial charge < -0.3 is 5.32 Å². The molecule has 0 aliphatic heterocycles. The Morgan fingerprint density at radius 1 is 1.41 bits per heavy atom. The minimum absolute atomic E-state index is 0.346. The Morgan fingerprint density at radius 2 is 2.06 bits per heavy atom. The Balaban J connectivity index is 2.53. The van der Waals surface area contributed by atoms with Crippen molar-refractivity contribution in [3.05, 3.63) is 33.3 Å². The molecule has 6 heteroatoms. The lowest BCUT2D eigenvalue weighted by Gasteiger charge is -2.16. The van der Waals surface area contributed by atoms with Crippen LogP contribution in [0.25, 0.3) is 0 Å². The third-order valence-electron chi connectivity index (χ3n) is 2.19. The van der Waals surface area contributed by atoms with Gasteiger partial charge >= 0.3 is 6.18 Å². The van der Waals surface area contributed by atoms with Gasteiger partial charge in [-0.05, 0) is 30.7 Å². The molecule has 0 heterocycles. The van der Waals surface area contributed by atoms with Crippen molar-refractivity contribution in [1.29, 1.82) is 0 Å². The van der Waals surface area contributed by atoms with Crippen molar-refractivity contribution in [2.45, 2.75) is 32.1 Å². The lowest BCUT2D eigenvalue weighted by Crippen LogP contribution is -2.30. The van der Waals surface area contributed by atoms with Gasteiger partial charge in [0, 0.05) is 22.1 Å². The molecule has 0 aromatic heterocycles. The normalized spacial score (nSPS) is 13.8. The van der Waals surface area contributed by atoms with Crippen molar-refractivity contribution in [2.24, 2.45) is 0 Å². The highest BCUT2D eigenvalue weighted by atomic mass is 79.9. The molecule has 96 valence electrons. The molecule has 1 N–H and O–H groups in total. The Hall–Kier alpha value is -0.260. The zero-order valence-corrected chi connectivity index (χ0v) is 11.5. The number of rotatable bonds is 4. The monoisotopic (exact) mass is 329 g/mol. The molecule has 0 bridgehead atoms. The Morgan fingerprint density at radius 3 is 2.65 bits per heavy atom. The fourth-order valence-electron chi connectivity index (χ4n) is 1.38. The molecular weight excluding hydrogens is 318 g/mol. The zero-order chi connectivity index (χ0) is 13.1. The quantitative estimate of drug-likeness (QED) is 0.855. The van der Waals surface area contributed by atoms with E-state index in [1.807, 2.05) is 0 Å². The van der Waals surface area contributed by atoms with E-state index in [4.69, 9.17) is 11.6 Å². The summed E-state index contributed by atoms with van der Waals surface area (Å²) in [7, 11) is 0. The molecule has 1 unspecified atom stereocenters. The first-order valence-corrected chi connectivity index (χ1v) is 6.19. The third kappa shape index (κ3) is 5.75. The Labute approximate surface area is 111 Å². The minimum atomic E-state index is -4.14. The second-order valence-corrected chi connectivity index (χ2v) is 5.13. The Kier molecular flexibility index (Phi) is 5.28. The standard InChI is InChI=1S/C11H12BrClF3N/c1-7(5-11(14,15)16)17-6-8-4-9(13)2-3-10(8)12/h2-4,7,17H,5-6H2,1H3. The van der Waals surface area contributed by atoms with E-state index in [-0.39, 0.29) is 0 Å². The summed E-state index contributed by atoms with van der Waals surface area (Å²) in [5.74, 6) is 0. The van der Waals surface area contributed by atoms with Crippen LogP contribution in [0.2, 0.25) is 5.02 Å². The van der Waals surface area contributed by atoms with Gasteiger partial charge in [-0.3, -0.25) is 0 Å². The maximum Gasteiger partial charge on any atom is 0.390 e. The second kappa shape index (κ2) is 6.07. The van der Waals surface area contributed by atoms with Crippen LogP contribution in [-0.2, 0) is 6.54 Å². The molecule has 1 rings (SSSR count). The van der Waals surface area contributed by atoms with Crippen LogP contribution < -0.4 is 5.32 Å². The van der Waals surface area contributed by atoms with Crippen molar-refractivity contribution in [1.82, 2.24) is 5.32 Å². The first kappa shape index (κ1) is 14.8. The first-order chi connectivity index (χ1) is 7.78. The lowest BCUT2D eigenvalue weighted by atomic mass is 10.2. The van der Waals surface area contributed by atoms with Gasteiger partial charge in [0.25, 0.3) is 0 Å². The van der Waals surface area contributed by atoms with Crippen LogP contribution >= 0.6 is 27.5 Å². The summed E-state index contributed by atoms with van der Waals surface area (Å²) >= 11 is 9.13. The lowest BCUT2D eigenvalue weighted by molar-refractivity contribution is -0.139. The van der Waals surface area contributed by atoms with E-state index in [0.29, 0.717) is 11.6 Å². The summed E-state index contributed by atoms with van der Waals surface area (Å²) in [5, 5.41) is 3.38. The largest absolute Gasteiger partial charge is 0.390 e. The number of nitrogens with one attached hydrogen (secondary N) is 1. The fraction of sp³-hybridized carbons (Fsp3) is 0.455. The molecule has 0 spiro atoms. The highest BCUT2D eigenvalue weighted by molar-refractivity contribution is 9.10. The molecule has 0 aliphatic carbocycles. The summed E-state index contributed by atoms with van der Waals surface area (Å²) in [6, 6.07) is 4.59. The van der Waals surface area contributed by atoms with Gasteiger partial charge in [0.1, 0.15) is 0 Å². The zero-order valence-electron chi connectivity index (χ0n) is 9.11. The van der Waals surface area contributed by atoms with Crippen LogP contribution in [0, 0.1) is 0 Å². The predicted molar refractivity (Wildman–Crippen MR) is 66.1 cm³/mol. The molecule has 0 saturated carbocycles. The fourth-order valence-corrected chi connectivity index (χ4v) is 1.96. The number of benzene rings is 1. The number of halogens is 5. The van der Waals surface area contributed by atoms with Crippen molar-refractivity contribution < 1.29 is 13.2 Å². The van der Waals surface area contributed by atoms with E-state index in [1.54, 1.807) is 18.2 Å². The van der Waals surface area contributed by atoms with Crippen molar-refractivity contribution in [3.63, 3.8) is 0 Å². The van der Waals surface area contributed by atoms with E-state index in [2.05, 4.69) is 21.2 Å². The molecule has 1 aromatic carbocycles. The maximum absolute atomic E-state index is 12.1. The molecule has 1 atom stereocenters. The molecule has 0 aliphatic rings. The third-order valence-corrected chi connectivity index (χ3v) is 3.20. The van der Waals surface area contributed by atoms with Gasteiger partial charge in [-0.15, -0.1) is 0 Å². The van der Waals surface area contributed by atoms with Crippen molar-refractivity contribution in [2.75, 3.05) is 0 Å². The molecule has 0 fully saturated rings. The summed E-state index contributed by atoms with van der Waals surface area (Å²) in [6.07, 6.45) is -4.98. The topological polar surface area (TPSA) is 12.0 Å². The molecule has 0 radical (unpaired) electrons. The van der Waals surface area contributed by atoms with Crippen LogP contribution in [0.3, 0.4) is 0 Å². The predicted octanol–water partition coefficient (Wildman–Crippen LogP) is 4.53. The Bertz CT molecular complexity index is 381. The molecule has 1 nitrogen and oxygen atoms in total. The maximum atomic E-state index is 12.1. The number of hydrogen-bond acceptors (Lipinski definition) is 1. The van der Waals surface area contributed by atoms with E-state index in [9.17, 15) is 13.2 Å². The number of alkyl halides is 3. The van der Waals surface area contributed by atoms with E-state index in [1.165, 1.54) is 6.92 Å². The molecule has 17 heavy (non-hydrogen) atoms. The average Bonchev–Trinajstić information content (AvgIpc) is 2.17. The molecule has 0 saturated heterocycles. The van der Waals surface area contributed by atoms with Crippen LogP contribution in [0.15, 0.2) is 22.7 Å².